The molecule has 0 atom stereocenters. The van der Waals surface area contributed by atoms with Crippen molar-refractivity contribution in [3.8, 4) is 17.1 Å². The standard InChI is InChI=1S/C12H11N3O/c16-10-3-1-8(2-4-10)12-14-6-9-5-13-7-11(9)15-12/h1-4,6,13,16H,5,7H2. The number of benzene rings is 1. The average Bonchev–Trinajstić information content (AvgIpc) is 2.77. The van der Waals surface area contributed by atoms with E-state index in [4.69, 9.17) is 0 Å². The van der Waals surface area contributed by atoms with E-state index < -0.39 is 0 Å². The van der Waals surface area contributed by atoms with Gasteiger partial charge >= 0.3 is 0 Å². The average molecular weight is 213 g/mol. The molecular weight excluding hydrogens is 202 g/mol. The third kappa shape index (κ3) is 1.53. The molecule has 0 fully saturated rings. The number of rotatable bonds is 1. The molecule has 0 amide bonds. The van der Waals surface area contributed by atoms with Crippen LogP contribution in [0.2, 0.25) is 0 Å². The number of phenols is 1. The van der Waals surface area contributed by atoms with E-state index in [1.807, 2.05) is 18.3 Å². The molecule has 0 spiro atoms. The highest BCUT2D eigenvalue weighted by Crippen LogP contribution is 2.20. The van der Waals surface area contributed by atoms with Gasteiger partial charge in [0, 0.05) is 30.4 Å². The van der Waals surface area contributed by atoms with Gasteiger partial charge in [0.05, 0.1) is 5.69 Å². The van der Waals surface area contributed by atoms with Crippen molar-refractivity contribution in [1.82, 2.24) is 15.3 Å². The molecule has 2 aromatic rings. The van der Waals surface area contributed by atoms with Crippen LogP contribution in [-0.4, -0.2) is 15.1 Å². The van der Waals surface area contributed by atoms with Gasteiger partial charge in [-0.15, -0.1) is 0 Å². The monoisotopic (exact) mass is 213 g/mol. The first-order valence-electron chi connectivity index (χ1n) is 5.18. The Kier molecular flexibility index (Phi) is 2.08. The Labute approximate surface area is 93.0 Å². The maximum Gasteiger partial charge on any atom is 0.159 e. The number of aromatic nitrogens is 2. The summed E-state index contributed by atoms with van der Waals surface area (Å²) in [5.74, 6) is 0.967. The van der Waals surface area contributed by atoms with Crippen LogP contribution in [0.4, 0.5) is 0 Å². The third-order valence-electron chi connectivity index (χ3n) is 2.69. The van der Waals surface area contributed by atoms with Crippen LogP contribution in [-0.2, 0) is 13.1 Å². The second-order valence-corrected chi connectivity index (χ2v) is 3.82. The van der Waals surface area contributed by atoms with Crippen molar-refractivity contribution in [2.45, 2.75) is 13.1 Å². The highest BCUT2D eigenvalue weighted by molar-refractivity contribution is 5.56. The maximum absolute atomic E-state index is 9.21. The van der Waals surface area contributed by atoms with Gasteiger partial charge in [-0.05, 0) is 24.3 Å². The van der Waals surface area contributed by atoms with E-state index in [1.165, 1.54) is 5.56 Å². The molecule has 2 heterocycles. The predicted octanol–water partition coefficient (Wildman–Crippen LogP) is 1.45. The highest BCUT2D eigenvalue weighted by atomic mass is 16.3. The van der Waals surface area contributed by atoms with Crippen molar-refractivity contribution in [3.63, 3.8) is 0 Å². The number of fused-ring (bicyclic) bond motifs is 1. The predicted molar refractivity (Wildman–Crippen MR) is 59.7 cm³/mol. The quantitative estimate of drug-likeness (QED) is 0.752. The molecule has 2 N–H and O–H groups in total. The number of nitrogens with one attached hydrogen (secondary N) is 1. The van der Waals surface area contributed by atoms with E-state index in [1.54, 1.807) is 12.1 Å². The van der Waals surface area contributed by atoms with E-state index in [-0.39, 0.29) is 5.75 Å². The lowest BCUT2D eigenvalue weighted by Gasteiger charge is -2.02. The first kappa shape index (κ1) is 9.30. The summed E-state index contributed by atoms with van der Waals surface area (Å²) in [7, 11) is 0. The molecule has 1 aliphatic heterocycles. The summed E-state index contributed by atoms with van der Waals surface area (Å²) in [6.07, 6.45) is 1.87. The lowest BCUT2D eigenvalue weighted by molar-refractivity contribution is 0.475. The molecule has 1 aromatic heterocycles. The summed E-state index contributed by atoms with van der Waals surface area (Å²) < 4.78 is 0. The zero-order valence-corrected chi connectivity index (χ0v) is 8.64. The Hall–Kier alpha value is -1.94. The molecule has 3 rings (SSSR count). The van der Waals surface area contributed by atoms with Gasteiger partial charge in [0.25, 0.3) is 0 Å². The summed E-state index contributed by atoms with van der Waals surface area (Å²) in [5.41, 5.74) is 3.16. The fourth-order valence-corrected chi connectivity index (χ4v) is 1.81. The second kappa shape index (κ2) is 3.57. The van der Waals surface area contributed by atoms with Gasteiger partial charge < -0.3 is 10.4 Å². The highest BCUT2D eigenvalue weighted by Gasteiger charge is 2.13. The van der Waals surface area contributed by atoms with Crippen LogP contribution in [0.25, 0.3) is 11.4 Å². The van der Waals surface area contributed by atoms with Crippen LogP contribution in [0.5, 0.6) is 5.75 Å². The van der Waals surface area contributed by atoms with Crippen LogP contribution in [0.15, 0.2) is 30.5 Å². The molecule has 0 saturated carbocycles. The van der Waals surface area contributed by atoms with Crippen molar-refractivity contribution in [3.05, 3.63) is 41.7 Å². The maximum atomic E-state index is 9.21. The number of nitrogens with zero attached hydrogens (tertiary/aromatic N) is 2. The van der Waals surface area contributed by atoms with Gasteiger partial charge in [-0.2, -0.15) is 0 Å². The van der Waals surface area contributed by atoms with Gasteiger partial charge in [0.15, 0.2) is 5.82 Å². The topological polar surface area (TPSA) is 58.0 Å². The molecule has 80 valence electrons. The van der Waals surface area contributed by atoms with Gasteiger partial charge in [0.1, 0.15) is 5.75 Å². The first-order chi connectivity index (χ1) is 7.83. The molecule has 0 bridgehead atoms. The summed E-state index contributed by atoms with van der Waals surface area (Å²) in [4.78, 5) is 8.82. The summed E-state index contributed by atoms with van der Waals surface area (Å²) in [6.45, 7) is 1.66. The fraction of sp³-hybridized carbons (Fsp3) is 0.167. The van der Waals surface area contributed by atoms with Crippen molar-refractivity contribution in [2.24, 2.45) is 0 Å². The zero-order chi connectivity index (χ0) is 11.0. The molecule has 0 unspecified atom stereocenters. The SMILES string of the molecule is Oc1ccc(-c2ncc3c(n2)CNC3)cc1. The molecule has 0 aliphatic carbocycles. The lowest BCUT2D eigenvalue weighted by atomic mass is 10.2. The summed E-state index contributed by atoms with van der Waals surface area (Å²) in [5, 5.41) is 12.4. The van der Waals surface area contributed by atoms with Gasteiger partial charge in [-0.25, -0.2) is 9.97 Å². The number of hydrogen-bond acceptors (Lipinski definition) is 4. The molecule has 0 saturated heterocycles. The van der Waals surface area contributed by atoms with Gasteiger partial charge in [0.2, 0.25) is 0 Å². The molecule has 0 radical (unpaired) electrons. The number of phenolic OH excluding ortho intramolecular Hbond substituents is 1. The Morgan fingerprint density at radius 3 is 2.75 bits per heavy atom. The molecule has 4 nitrogen and oxygen atoms in total. The van der Waals surface area contributed by atoms with Crippen molar-refractivity contribution >= 4 is 0 Å². The Morgan fingerprint density at radius 2 is 1.94 bits per heavy atom. The number of hydrogen-bond donors (Lipinski definition) is 2. The van der Waals surface area contributed by atoms with Crippen LogP contribution in [0.3, 0.4) is 0 Å². The summed E-state index contributed by atoms with van der Waals surface area (Å²) in [6, 6.07) is 6.92. The van der Waals surface area contributed by atoms with E-state index in [2.05, 4.69) is 15.3 Å². The molecule has 1 aromatic carbocycles. The normalized spacial score (nSPS) is 13.8. The largest absolute Gasteiger partial charge is 0.508 e. The number of aromatic hydroxyl groups is 1. The van der Waals surface area contributed by atoms with Crippen molar-refractivity contribution in [2.75, 3.05) is 0 Å². The minimum atomic E-state index is 0.256. The summed E-state index contributed by atoms with van der Waals surface area (Å²) >= 11 is 0. The van der Waals surface area contributed by atoms with E-state index >= 15 is 0 Å². The molecule has 4 heteroatoms. The smallest absolute Gasteiger partial charge is 0.159 e. The Balaban J connectivity index is 2.03. The fourth-order valence-electron chi connectivity index (χ4n) is 1.81. The van der Waals surface area contributed by atoms with E-state index in [0.717, 1.165) is 24.3 Å². The lowest BCUT2D eigenvalue weighted by Crippen LogP contribution is -2.00. The minimum absolute atomic E-state index is 0.256. The Bertz CT molecular complexity index is 522. The van der Waals surface area contributed by atoms with Gasteiger partial charge in [-0.3, -0.25) is 0 Å². The second-order valence-electron chi connectivity index (χ2n) is 3.82. The molecular formula is C12H11N3O. The van der Waals surface area contributed by atoms with Gasteiger partial charge in [-0.1, -0.05) is 0 Å². The van der Waals surface area contributed by atoms with Crippen LogP contribution >= 0.6 is 0 Å². The van der Waals surface area contributed by atoms with E-state index in [9.17, 15) is 5.11 Å². The first-order valence-corrected chi connectivity index (χ1v) is 5.18. The Morgan fingerprint density at radius 1 is 1.12 bits per heavy atom. The van der Waals surface area contributed by atoms with Crippen molar-refractivity contribution < 1.29 is 5.11 Å². The van der Waals surface area contributed by atoms with Crippen LogP contribution < -0.4 is 5.32 Å². The van der Waals surface area contributed by atoms with Crippen molar-refractivity contribution in [1.29, 1.82) is 0 Å². The zero-order valence-electron chi connectivity index (χ0n) is 8.64. The van der Waals surface area contributed by atoms with Crippen LogP contribution in [0.1, 0.15) is 11.3 Å². The third-order valence-corrected chi connectivity index (χ3v) is 2.69. The van der Waals surface area contributed by atoms with Crippen LogP contribution in [0, 0.1) is 0 Å². The molecule has 1 aliphatic rings. The van der Waals surface area contributed by atoms with E-state index in [0.29, 0.717) is 5.82 Å². The molecule has 16 heavy (non-hydrogen) atoms. The minimum Gasteiger partial charge on any atom is -0.508 e.